The number of hydrogen-bond acceptors (Lipinski definition) is 4. The van der Waals surface area contributed by atoms with Gasteiger partial charge in [0.05, 0.1) is 12.8 Å². The standard InChI is InChI=1S/C13H24N4O2S/c1-4-11-10-17(20(3,18)19)7-5-12(11)15-9-13-14-6-8-16(13)2/h6,8,11-12,15H,4-5,7,9-10H2,1-3H3/t11-,12-/m0/s1. The van der Waals surface area contributed by atoms with Gasteiger partial charge in [-0.15, -0.1) is 0 Å². The Morgan fingerprint density at radius 3 is 2.80 bits per heavy atom. The Bertz CT molecular complexity index is 540. The minimum absolute atomic E-state index is 0.356. The van der Waals surface area contributed by atoms with E-state index in [1.807, 2.05) is 17.8 Å². The highest BCUT2D eigenvalue weighted by Crippen LogP contribution is 2.22. The lowest BCUT2D eigenvalue weighted by molar-refractivity contribution is 0.200. The average Bonchev–Trinajstić information content (AvgIpc) is 2.80. The van der Waals surface area contributed by atoms with Crippen LogP contribution in [-0.4, -0.2) is 47.7 Å². The van der Waals surface area contributed by atoms with E-state index in [2.05, 4.69) is 17.2 Å². The Hall–Kier alpha value is -0.920. The second-order valence-corrected chi connectivity index (χ2v) is 7.50. The van der Waals surface area contributed by atoms with Gasteiger partial charge in [-0.3, -0.25) is 0 Å². The normalized spacial score (nSPS) is 24.9. The van der Waals surface area contributed by atoms with Crippen molar-refractivity contribution < 1.29 is 8.42 Å². The van der Waals surface area contributed by atoms with Crippen molar-refractivity contribution in [1.29, 1.82) is 0 Å². The predicted molar refractivity (Wildman–Crippen MR) is 78.7 cm³/mol. The quantitative estimate of drug-likeness (QED) is 0.863. The Morgan fingerprint density at radius 2 is 2.25 bits per heavy atom. The molecule has 0 aliphatic carbocycles. The summed E-state index contributed by atoms with van der Waals surface area (Å²) in [6.45, 7) is 4.07. The van der Waals surface area contributed by atoms with E-state index in [0.29, 0.717) is 25.0 Å². The number of hydrogen-bond donors (Lipinski definition) is 1. The largest absolute Gasteiger partial charge is 0.337 e. The third kappa shape index (κ3) is 3.59. The summed E-state index contributed by atoms with van der Waals surface area (Å²) in [5, 5.41) is 3.53. The van der Waals surface area contributed by atoms with E-state index in [4.69, 9.17) is 0 Å². The molecule has 6 nitrogen and oxygen atoms in total. The van der Waals surface area contributed by atoms with Gasteiger partial charge in [0.1, 0.15) is 5.82 Å². The number of rotatable bonds is 5. The van der Waals surface area contributed by atoms with Crippen molar-refractivity contribution in [3.63, 3.8) is 0 Å². The average molecular weight is 300 g/mol. The highest BCUT2D eigenvalue weighted by Gasteiger charge is 2.31. The molecule has 20 heavy (non-hydrogen) atoms. The highest BCUT2D eigenvalue weighted by molar-refractivity contribution is 7.88. The molecule has 0 aromatic carbocycles. The van der Waals surface area contributed by atoms with E-state index in [0.717, 1.165) is 25.2 Å². The van der Waals surface area contributed by atoms with Gasteiger partial charge in [-0.1, -0.05) is 13.3 Å². The van der Waals surface area contributed by atoms with Crippen LogP contribution in [0.25, 0.3) is 0 Å². The Labute approximate surface area is 121 Å². The summed E-state index contributed by atoms with van der Waals surface area (Å²) < 4.78 is 26.9. The van der Waals surface area contributed by atoms with Gasteiger partial charge >= 0.3 is 0 Å². The third-order valence-electron chi connectivity index (χ3n) is 4.13. The van der Waals surface area contributed by atoms with Gasteiger partial charge in [0.15, 0.2) is 0 Å². The molecule has 0 bridgehead atoms. The lowest BCUT2D eigenvalue weighted by Crippen LogP contribution is -2.50. The van der Waals surface area contributed by atoms with Gasteiger partial charge < -0.3 is 9.88 Å². The van der Waals surface area contributed by atoms with E-state index in [1.54, 1.807) is 10.5 Å². The summed E-state index contributed by atoms with van der Waals surface area (Å²) in [5.41, 5.74) is 0. The van der Waals surface area contributed by atoms with Gasteiger partial charge in [-0.2, -0.15) is 0 Å². The maximum absolute atomic E-state index is 11.6. The van der Waals surface area contributed by atoms with Crippen molar-refractivity contribution in [3.8, 4) is 0 Å². The van der Waals surface area contributed by atoms with Crippen LogP contribution < -0.4 is 5.32 Å². The summed E-state index contributed by atoms with van der Waals surface area (Å²) >= 11 is 0. The maximum Gasteiger partial charge on any atom is 0.211 e. The van der Waals surface area contributed by atoms with Crippen LogP contribution in [0, 0.1) is 5.92 Å². The van der Waals surface area contributed by atoms with E-state index in [9.17, 15) is 8.42 Å². The van der Waals surface area contributed by atoms with Gasteiger partial charge in [0, 0.05) is 38.6 Å². The number of piperidine rings is 1. The smallest absolute Gasteiger partial charge is 0.211 e. The molecule has 114 valence electrons. The lowest BCUT2D eigenvalue weighted by Gasteiger charge is -2.37. The van der Waals surface area contributed by atoms with Crippen LogP contribution in [0.3, 0.4) is 0 Å². The zero-order valence-corrected chi connectivity index (χ0v) is 13.2. The number of aromatic nitrogens is 2. The minimum Gasteiger partial charge on any atom is -0.337 e. The van der Waals surface area contributed by atoms with Crippen LogP contribution in [0.2, 0.25) is 0 Å². The first-order valence-corrected chi connectivity index (χ1v) is 8.91. The van der Waals surface area contributed by atoms with Crippen molar-refractivity contribution in [1.82, 2.24) is 19.2 Å². The monoisotopic (exact) mass is 300 g/mol. The molecule has 1 saturated heterocycles. The molecule has 0 unspecified atom stereocenters. The summed E-state index contributed by atoms with van der Waals surface area (Å²) in [6, 6.07) is 0.356. The number of nitrogens with zero attached hydrogens (tertiary/aromatic N) is 3. The van der Waals surface area contributed by atoms with Crippen LogP contribution in [-0.2, 0) is 23.6 Å². The summed E-state index contributed by atoms with van der Waals surface area (Å²) in [7, 11) is -1.09. The fraction of sp³-hybridized carbons (Fsp3) is 0.769. The van der Waals surface area contributed by atoms with Crippen LogP contribution in [0.4, 0.5) is 0 Å². The van der Waals surface area contributed by atoms with Crippen molar-refractivity contribution in [2.24, 2.45) is 13.0 Å². The molecule has 0 radical (unpaired) electrons. The molecule has 1 aliphatic rings. The fourth-order valence-corrected chi connectivity index (χ4v) is 3.67. The molecule has 1 aliphatic heterocycles. The third-order valence-corrected chi connectivity index (χ3v) is 5.40. The number of imidazole rings is 1. The predicted octanol–water partition coefficient (Wildman–Crippen LogP) is 0.570. The molecule has 2 atom stereocenters. The van der Waals surface area contributed by atoms with Crippen molar-refractivity contribution in [2.75, 3.05) is 19.3 Å². The Kier molecular flexibility index (Phi) is 4.82. The molecule has 0 saturated carbocycles. The molecular formula is C13H24N4O2S. The first-order valence-electron chi connectivity index (χ1n) is 7.06. The van der Waals surface area contributed by atoms with Crippen molar-refractivity contribution in [3.05, 3.63) is 18.2 Å². The minimum atomic E-state index is -3.07. The summed E-state index contributed by atoms with van der Waals surface area (Å²) in [4.78, 5) is 4.30. The summed E-state index contributed by atoms with van der Waals surface area (Å²) in [5.74, 6) is 1.36. The van der Waals surface area contributed by atoms with Crippen molar-refractivity contribution >= 4 is 10.0 Å². The maximum atomic E-state index is 11.6. The number of nitrogens with one attached hydrogen (secondary N) is 1. The second-order valence-electron chi connectivity index (χ2n) is 5.52. The highest BCUT2D eigenvalue weighted by atomic mass is 32.2. The van der Waals surface area contributed by atoms with E-state index in [-0.39, 0.29) is 0 Å². The zero-order chi connectivity index (χ0) is 14.8. The van der Waals surface area contributed by atoms with Crippen LogP contribution in [0.5, 0.6) is 0 Å². The van der Waals surface area contributed by atoms with Crippen molar-refractivity contribution in [2.45, 2.75) is 32.4 Å². The lowest BCUT2D eigenvalue weighted by atomic mass is 9.91. The molecule has 2 rings (SSSR count). The molecule has 2 heterocycles. The molecular weight excluding hydrogens is 276 g/mol. The first-order chi connectivity index (χ1) is 9.41. The van der Waals surface area contributed by atoms with Gasteiger partial charge in [-0.05, 0) is 12.3 Å². The molecule has 0 spiro atoms. The van der Waals surface area contributed by atoms with Crippen LogP contribution in [0.1, 0.15) is 25.6 Å². The number of sulfonamides is 1. The molecule has 0 amide bonds. The Balaban J connectivity index is 1.94. The molecule has 1 aromatic rings. The van der Waals surface area contributed by atoms with E-state index in [1.165, 1.54) is 6.26 Å². The molecule has 1 fully saturated rings. The molecule has 1 N–H and O–H groups in total. The second kappa shape index (κ2) is 6.24. The van der Waals surface area contributed by atoms with Gasteiger partial charge in [0.25, 0.3) is 0 Å². The first kappa shape index (κ1) is 15.5. The fourth-order valence-electron chi connectivity index (χ4n) is 2.77. The summed E-state index contributed by atoms with van der Waals surface area (Å²) in [6.07, 6.45) is 6.85. The SMILES string of the molecule is CC[C@H]1CN(S(C)(=O)=O)CC[C@@H]1NCc1nccn1C. The van der Waals surface area contributed by atoms with Gasteiger partial charge in [-0.25, -0.2) is 17.7 Å². The Morgan fingerprint density at radius 1 is 1.50 bits per heavy atom. The van der Waals surface area contributed by atoms with E-state index >= 15 is 0 Å². The molecule has 1 aromatic heterocycles. The van der Waals surface area contributed by atoms with E-state index < -0.39 is 10.0 Å². The molecule has 7 heteroatoms. The topological polar surface area (TPSA) is 67.2 Å². The van der Waals surface area contributed by atoms with Crippen LogP contribution >= 0.6 is 0 Å². The number of aryl methyl sites for hydroxylation is 1. The van der Waals surface area contributed by atoms with Gasteiger partial charge in [0.2, 0.25) is 10.0 Å². The van der Waals surface area contributed by atoms with Crippen LogP contribution in [0.15, 0.2) is 12.4 Å². The zero-order valence-electron chi connectivity index (χ0n) is 12.4.